The van der Waals surface area contributed by atoms with Crippen molar-refractivity contribution < 1.29 is 9.90 Å². The first-order valence-corrected chi connectivity index (χ1v) is 7.66. The molecule has 2 aliphatic rings. The summed E-state index contributed by atoms with van der Waals surface area (Å²) in [6.07, 6.45) is 0. The fraction of sp³-hybridized carbons (Fsp3) is 0.500. The highest BCUT2D eigenvalue weighted by Crippen LogP contribution is 2.33. The van der Waals surface area contributed by atoms with E-state index in [4.69, 9.17) is 0 Å². The molecule has 3 unspecified atom stereocenters. The van der Waals surface area contributed by atoms with Gasteiger partial charge in [-0.15, -0.1) is 0 Å². The Hall–Kier alpha value is -0.820. The number of phenolic OH excluding ortho intramolecular Hbond substituents is 1. The van der Waals surface area contributed by atoms with Crippen LogP contribution in [0.2, 0.25) is 0 Å². The number of nitrogens with one attached hydrogen (secondary N) is 1. The van der Waals surface area contributed by atoms with Gasteiger partial charge in [0.15, 0.2) is 0 Å². The van der Waals surface area contributed by atoms with Gasteiger partial charge < -0.3 is 15.3 Å². The Morgan fingerprint density at radius 2 is 2.26 bits per heavy atom. The predicted molar refractivity (Wildman–Crippen MR) is 81.2 cm³/mol. The van der Waals surface area contributed by atoms with E-state index < -0.39 is 0 Å². The van der Waals surface area contributed by atoms with Crippen LogP contribution in [-0.2, 0) is 0 Å². The summed E-state index contributed by atoms with van der Waals surface area (Å²) in [6.45, 7) is 4.97. The first kappa shape index (κ1) is 13.2. The molecule has 0 aromatic heterocycles. The number of carbonyl (C=O) groups excluding carboxylic acids is 1. The molecule has 1 aromatic carbocycles. The second-order valence-corrected chi connectivity index (χ2v) is 6.61. The molecule has 3 rings (SSSR count). The highest BCUT2D eigenvalue weighted by molar-refractivity contribution is 14.1. The molecule has 2 N–H and O–H groups in total. The van der Waals surface area contributed by atoms with Crippen LogP contribution >= 0.6 is 22.6 Å². The molecule has 4 nitrogen and oxygen atoms in total. The standard InChI is InChI=1S/C14H17IN2O2/c1-8-11-6-16-5-10(11)7-17(8)14(19)9-2-3-12(15)13(18)4-9/h2-4,8,10-11,16,18H,5-7H2,1H3. The SMILES string of the molecule is CC1C2CNCC2CN1C(=O)c1ccc(I)c(O)c1. The molecule has 0 spiro atoms. The lowest BCUT2D eigenvalue weighted by Crippen LogP contribution is -2.38. The van der Waals surface area contributed by atoms with E-state index in [0.29, 0.717) is 17.4 Å². The molecular weight excluding hydrogens is 355 g/mol. The van der Waals surface area contributed by atoms with Gasteiger partial charge in [-0.3, -0.25) is 4.79 Å². The van der Waals surface area contributed by atoms with Crippen molar-refractivity contribution in [2.45, 2.75) is 13.0 Å². The number of halogens is 1. The van der Waals surface area contributed by atoms with Crippen LogP contribution in [0.25, 0.3) is 0 Å². The minimum absolute atomic E-state index is 0.0357. The molecular formula is C14H17IN2O2. The van der Waals surface area contributed by atoms with Crippen LogP contribution < -0.4 is 5.32 Å². The Labute approximate surface area is 126 Å². The Morgan fingerprint density at radius 3 is 2.95 bits per heavy atom. The lowest BCUT2D eigenvalue weighted by Gasteiger charge is -2.24. The zero-order chi connectivity index (χ0) is 13.6. The number of nitrogens with zero attached hydrogens (tertiary/aromatic N) is 1. The molecule has 0 bridgehead atoms. The topological polar surface area (TPSA) is 52.6 Å². The number of aromatic hydroxyl groups is 1. The van der Waals surface area contributed by atoms with Crippen LogP contribution in [0.5, 0.6) is 5.75 Å². The summed E-state index contributed by atoms with van der Waals surface area (Å²) in [7, 11) is 0. The summed E-state index contributed by atoms with van der Waals surface area (Å²) in [6, 6.07) is 5.42. The largest absolute Gasteiger partial charge is 0.507 e. The van der Waals surface area contributed by atoms with Gasteiger partial charge in [-0.2, -0.15) is 0 Å². The Balaban J connectivity index is 1.82. The molecule has 102 valence electrons. The molecule has 2 saturated heterocycles. The van der Waals surface area contributed by atoms with Crippen molar-refractivity contribution in [1.82, 2.24) is 10.2 Å². The van der Waals surface area contributed by atoms with Gasteiger partial charge in [0.2, 0.25) is 0 Å². The smallest absolute Gasteiger partial charge is 0.254 e. The highest BCUT2D eigenvalue weighted by Gasteiger charge is 2.43. The third-order valence-electron chi connectivity index (χ3n) is 4.39. The second kappa shape index (κ2) is 4.94. The minimum Gasteiger partial charge on any atom is -0.507 e. The fourth-order valence-electron chi connectivity index (χ4n) is 3.25. The monoisotopic (exact) mass is 372 g/mol. The molecule has 2 heterocycles. The Bertz CT molecular complexity index is 520. The zero-order valence-electron chi connectivity index (χ0n) is 10.8. The quantitative estimate of drug-likeness (QED) is 0.738. The average Bonchev–Trinajstić information content (AvgIpc) is 2.95. The van der Waals surface area contributed by atoms with Crippen LogP contribution in [0.1, 0.15) is 17.3 Å². The van der Waals surface area contributed by atoms with E-state index >= 15 is 0 Å². The van der Waals surface area contributed by atoms with Crippen molar-refractivity contribution in [1.29, 1.82) is 0 Å². The molecule has 5 heteroatoms. The van der Waals surface area contributed by atoms with Crippen molar-refractivity contribution in [3.63, 3.8) is 0 Å². The van der Waals surface area contributed by atoms with Crippen molar-refractivity contribution in [3.8, 4) is 5.75 Å². The van der Waals surface area contributed by atoms with Crippen LogP contribution in [0.4, 0.5) is 0 Å². The molecule has 0 radical (unpaired) electrons. The maximum atomic E-state index is 12.5. The van der Waals surface area contributed by atoms with Crippen LogP contribution in [-0.4, -0.2) is 41.6 Å². The van der Waals surface area contributed by atoms with E-state index in [-0.39, 0.29) is 17.7 Å². The van der Waals surface area contributed by atoms with E-state index in [1.54, 1.807) is 18.2 Å². The molecule has 0 saturated carbocycles. The average molecular weight is 372 g/mol. The number of phenols is 1. The van der Waals surface area contributed by atoms with Crippen molar-refractivity contribution in [2.24, 2.45) is 11.8 Å². The van der Waals surface area contributed by atoms with Crippen molar-refractivity contribution in [3.05, 3.63) is 27.3 Å². The summed E-state index contributed by atoms with van der Waals surface area (Å²) in [5.74, 6) is 1.37. The van der Waals surface area contributed by atoms with Gasteiger partial charge >= 0.3 is 0 Å². The summed E-state index contributed by atoms with van der Waals surface area (Å²) >= 11 is 2.06. The lowest BCUT2D eigenvalue weighted by molar-refractivity contribution is 0.0728. The number of rotatable bonds is 1. The Morgan fingerprint density at radius 1 is 1.47 bits per heavy atom. The number of likely N-dealkylation sites (tertiary alicyclic amines) is 1. The molecule has 3 atom stereocenters. The normalized spacial score (nSPS) is 29.6. The highest BCUT2D eigenvalue weighted by atomic mass is 127. The third kappa shape index (κ3) is 2.23. The van der Waals surface area contributed by atoms with Crippen LogP contribution in [0.3, 0.4) is 0 Å². The van der Waals surface area contributed by atoms with Gasteiger partial charge in [-0.25, -0.2) is 0 Å². The molecule has 1 aromatic rings. The first-order chi connectivity index (χ1) is 9.08. The minimum atomic E-state index is 0.0357. The van der Waals surface area contributed by atoms with E-state index in [9.17, 15) is 9.90 Å². The zero-order valence-corrected chi connectivity index (χ0v) is 12.9. The van der Waals surface area contributed by atoms with Crippen molar-refractivity contribution in [2.75, 3.05) is 19.6 Å². The number of benzene rings is 1. The van der Waals surface area contributed by atoms with E-state index in [2.05, 4.69) is 34.8 Å². The molecule has 2 fully saturated rings. The number of amides is 1. The van der Waals surface area contributed by atoms with Gasteiger partial charge in [-0.1, -0.05) is 0 Å². The third-order valence-corrected chi connectivity index (χ3v) is 5.30. The van der Waals surface area contributed by atoms with Gasteiger partial charge in [0, 0.05) is 31.2 Å². The molecule has 0 aliphatic carbocycles. The van der Waals surface area contributed by atoms with E-state index in [1.807, 2.05) is 4.90 Å². The van der Waals surface area contributed by atoms with Crippen molar-refractivity contribution >= 4 is 28.5 Å². The number of hydrogen-bond donors (Lipinski definition) is 2. The van der Waals surface area contributed by atoms with E-state index in [1.165, 1.54) is 0 Å². The van der Waals surface area contributed by atoms with Crippen LogP contribution in [0.15, 0.2) is 18.2 Å². The molecule has 19 heavy (non-hydrogen) atoms. The number of fused-ring (bicyclic) bond motifs is 1. The predicted octanol–water partition coefficient (Wildman–Crippen LogP) is 1.68. The first-order valence-electron chi connectivity index (χ1n) is 6.58. The lowest BCUT2D eigenvalue weighted by atomic mass is 9.95. The number of hydrogen-bond acceptors (Lipinski definition) is 3. The summed E-state index contributed by atoms with van der Waals surface area (Å²) < 4.78 is 0.768. The molecule has 2 aliphatic heterocycles. The van der Waals surface area contributed by atoms with Gasteiger partial charge in [-0.05, 0) is 59.5 Å². The Kier molecular flexibility index (Phi) is 3.42. The second-order valence-electron chi connectivity index (χ2n) is 5.45. The van der Waals surface area contributed by atoms with Gasteiger partial charge in [0.1, 0.15) is 5.75 Å². The van der Waals surface area contributed by atoms with Gasteiger partial charge in [0.05, 0.1) is 3.57 Å². The summed E-state index contributed by atoms with van der Waals surface area (Å²) in [5.41, 5.74) is 0.581. The van der Waals surface area contributed by atoms with E-state index in [0.717, 1.165) is 23.2 Å². The maximum absolute atomic E-state index is 12.5. The maximum Gasteiger partial charge on any atom is 0.254 e. The summed E-state index contributed by atoms with van der Waals surface area (Å²) in [4.78, 5) is 14.5. The molecule has 1 amide bonds. The van der Waals surface area contributed by atoms with Gasteiger partial charge in [0.25, 0.3) is 5.91 Å². The summed E-state index contributed by atoms with van der Waals surface area (Å²) in [5, 5.41) is 13.1. The number of carbonyl (C=O) groups is 1. The fourth-order valence-corrected chi connectivity index (χ4v) is 3.58. The van der Waals surface area contributed by atoms with Crippen LogP contribution in [0, 0.1) is 15.4 Å².